The highest BCUT2D eigenvalue weighted by atomic mass is 32.2. The number of aryl methyl sites for hydroxylation is 1. The van der Waals surface area contributed by atoms with E-state index in [0.29, 0.717) is 17.0 Å². The van der Waals surface area contributed by atoms with Gasteiger partial charge < -0.3 is 10.1 Å². The molecule has 0 saturated heterocycles. The highest BCUT2D eigenvalue weighted by molar-refractivity contribution is 7.91. The Hall–Kier alpha value is -0.700. The second kappa shape index (κ2) is 5.97. The molecule has 3 N–H and O–H groups in total. The summed E-state index contributed by atoms with van der Waals surface area (Å²) in [5.41, 5.74) is -0.00489. The minimum atomic E-state index is -3.69. The maximum absolute atomic E-state index is 12.2. The number of aliphatic hydroxyl groups excluding tert-OH is 1. The lowest BCUT2D eigenvalue weighted by Crippen LogP contribution is -2.41. The number of thiazole rings is 1. The minimum absolute atomic E-state index is 0.0160. The molecule has 1 heterocycles. The van der Waals surface area contributed by atoms with E-state index in [0.717, 1.165) is 32.1 Å². The number of hydrogen-bond donors (Lipinski definition) is 3. The molecule has 8 heteroatoms. The summed E-state index contributed by atoms with van der Waals surface area (Å²) in [7, 11) is -3.69. The minimum Gasteiger partial charge on any atom is -0.396 e. The molecule has 0 atom stereocenters. The predicted octanol–water partition coefficient (Wildman–Crippen LogP) is 0.966. The van der Waals surface area contributed by atoms with Crippen molar-refractivity contribution in [2.24, 2.45) is 5.41 Å². The van der Waals surface area contributed by atoms with Crippen molar-refractivity contribution in [2.75, 3.05) is 13.2 Å². The zero-order chi connectivity index (χ0) is 14.8. The molecule has 1 fully saturated rings. The van der Waals surface area contributed by atoms with E-state index < -0.39 is 10.0 Å². The van der Waals surface area contributed by atoms with Crippen LogP contribution in [0.15, 0.2) is 9.00 Å². The van der Waals surface area contributed by atoms with Crippen LogP contribution in [0.1, 0.15) is 37.8 Å². The summed E-state index contributed by atoms with van der Waals surface area (Å²) in [6.45, 7) is 1.77. The molecule has 0 aliphatic heterocycles. The number of sulfonamides is 1. The summed E-state index contributed by atoms with van der Waals surface area (Å²) in [5, 5.41) is 9.58. The maximum Gasteiger partial charge on any atom is 0.305 e. The highest BCUT2D eigenvalue weighted by Gasteiger charge is 2.33. The monoisotopic (exact) mass is 320 g/mol. The smallest absolute Gasteiger partial charge is 0.305 e. The van der Waals surface area contributed by atoms with Crippen LogP contribution in [0.2, 0.25) is 0 Å². The summed E-state index contributed by atoms with van der Waals surface area (Å²) in [5.74, 6) is 0. The fourth-order valence-electron chi connectivity index (χ4n) is 2.65. The lowest BCUT2D eigenvalue weighted by atomic mass is 9.75. The topological polar surface area (TPSA) is 99.3 Å². The Bertz CT molecular complexity index is 612. The third-order valence-electron chi connectivity index (χ3n) is 3.91. The molecule has 1 aromatic rings. The predicted molar refractivity (Wildman–Crippen MR) is 77.5 cm³/mol. The zero-order valence-corrected chi connectivity index (χ0v) is 13.1. The van der Waals surface area contributed by atoms with Gasteiger partial charge in [-0.15, -0.1) is 0 Å². The van der Waals surface area contributed by atoms with E-state index in [9.17, 15) is 18.3 Å². The molecule has 0 bridgehead atoms. The van der Waals surface area contributed by atoms with Crippen molar-refractivity contribution in [1.29, 1.82) is 0 Å². The molecule has 1 aliphatic carbocycles. The van der Waals surface area contributed by atoms with Crippen molar-refractivity contribution >= 4 is 21.4 Å². The molecule has 20 heavy (non-hydrogen) atoms. The van der Waals surface area contributed by atoms with Gasteiger partial charge in [0.25, 0.3) is 10.0 Å². The first-order valence-electron chi connectivity index (χ1n) is 6.69. The number of rotatable bonds is 5. The SMILES string of the molecule is Cc1[nH]c(=O)sc1S(=O)(=O)NCC1(CO)CCCCC1. The third kappa shape index (κ3) is 3.30. The Morgan fingerprint density at radius 2 is 2.00 bits per heavy atom. The van der Waals surface area contributed by atoms with E-state index in [-0.39, 0.29) is 27.6 Å². The zero-order valence-electron chi connectivity index (χ0n) is 11.4. The van der Waals surface area contributed by atoms with Crippen LogP contribution in [-0.4, -0.2) is 31.7 Å². The summed E-state index contributed by atoms with van der Waals surface area (Å²) in [6, 6.07) is 0. The molecule has 0 aromatic carbocycles. The van der Waals surface area contributed by atoms with Gasteiger partial charge in [-0.1, -0.05) is 30.6 Å². The van der Waals surface area contributed by atoms with E-state index >= 15 is 0 Å². The number of aromatic nitrogens is 1. The number of aromatic amines is 1. The summed E-state index contributed by atoms with van der Waals surface area (Å²) >= 11 is 0.690. The van der Waals surface area contributed by atoms with E-state index in [1.54, 1.807) is 6.92 Å². The molecule has 1 saturated carbocycles. The second-order valence-electron chi connectivity index (χ2n) is 5.47. The second-order valence-corrected chi connectivity index (χ2v) is 8.42. The molecule has 0 spiro atoms. The first kappa shape index (κ1) is 15.7. The van der Waals surface area contributed by atoms with Crippen molar-refractivity contribution in [3.8, 4) is 0 Å². The molecule has 1 aliphatic rings. The first-order valence-corrected chi connectivity index (χ1v) is 8.99. The number of H-pyrrole nitrogens is 1. The number of nitrogens with one attached hydrogen (secondary N) is 2. The molecular weight excluding hydrogens is 300 g/mol. The average Bonchev–Trinajstić information content (AvgIpc) is 2.78. The Morgan fingerprint density at radius 1 is 1.35 bits per heavy atom. The third-order valence-corrected chi connectivity index (χ3v) is 6.92. The lowest BCUT2D eigenvalue weighted by molar-refractivity contribution is 0.0867. The maximum atomic E-state index is 12.2. The van der Waals surface area contributed by atoms with Gasteiger partial charge in [-0.25, -0.2) is 13.1 Å². The quantitative estimate of drug-likeness (QED) is 0.752. The van der Waals surface area contributed by atoms with Gasteiger partial charge in [0.15, 0.2) is 4.21 Å². The van der Waals surface area contributed by atoms with Crippen LogP contribution in [0.3, 0.4) is 0 Å². The molecular formula is C12H20N2O4S2. The Kier molecular flexibility index (Phi) is 4.68. The first-order chi connectivity index (χ1) is 9.38. The number of hydrogen-bond acceptors (Lipinski definition) is 5. The summed E-state index contributed by atoms with van der Waals surface area (Å²) in [6.07, 6.45) is 4.81. The molecule has 6 nitrogen and oxygen atoms in total. The van der Waals surface area contributed by atoms with Crippen LogP contribution >= 0.6 is 11.3 Å². The van der Waals surface area contributed by atoms with Crippen LogP contribution in [0.5, 0.6) is 0 Å². The van der Waals surface area contributed by atoms with Gasteiger partial charge in [0.1, 0.15) is 0 Å². The van der Waals surface area contributed by atoms with E-state index in [4.69, 9.17) is 0 Å². The van der Waals surface area contributed by atoms with Crippen LogP contribution in [0.4, 0.5) is 0 Å². The molecule has 0 unspecified atom stereocenters. The van der Waals surface area contributed by atoms with Gasteiger partial charge in [-0.2, -0.15) is 0 Å². The van der Waals surface area contributed by atoms with Crippen molar-refractivity contribution < 1.29 is 13.5 Å². The highest BCUT2D eigenvalue weighted by Crippen LogP contribution is 2.35. The summed E-state index contributed by atoms with van der Waals surface area (Å²) in [4.78, 5) is 13.3. The van der Waals surface area contributed by atoms with Crippen LogP contribution < -0.4 is 9.60 Å². The van der Waals surface area contributed by atoms with Gasteiger partial charge >= 0.3 is 4.87 Å². The fraction of sp³-hybridized carbons (Fsp3) is 0.750. The van der Waals surface area contributed by atoms with Crippen LogP contribution in [0, 0.1) is 12.3 Å². The van der Waals surface area contributed by atoms with Crippen molar-refractivity contribution in [2.45, 2.75) is 43.2 Å². The molecule has 2 rings (SSSR count). The lowest BCUT2D eigenvalue weighted by Gasteiger charge is -2.35. The van der Waals surface area contributed by atoms with Crippen LogP contribution in [0.25, 0.3) is 0 Å². The fourth-order valence-corrected chi connectivity index (χ4v) is 5.15. The van der Waals surface area contributed by atoms with Gasteiger partial charge in [0.2, 0.25) is 0 Å². The van der Waals surface area contributed by atoms with Crippen molar-refractivity contribution in [3.05, 3.63) is 15.4 Å². The molecule has 114 valence electrons. The molecule has 0 amide bonds. The Balaban J connectivity index is 2.12. The Labute approximate surface area is 122 Å². The average molecular weight is 320 g/mol. The summed E-state index contributed by atoms with van der Waals surface area (Å²) < 4.78 is 27.0. The standard InChI is InChI=1S/C12H20N2O4S2/c1-9-10(19-11(16)14-9)20(17,18)13-7-12(8-15)5-3-2-4-6-12/h13,15H,2-8H2,1H3,(H,14,16). The van der Waals surface area contributed by atoms with Gasteiger partial charge in [0.05, 0.1) is 0 Å². The Morgan fingerprint density at radius 3 is 2.50 bits per heavy atom. The molecule has 1 aromatic heterocycles. The van der Waals surface area contributed by atoms with E-state index in [1.807, 2.05) is 0 Å². The van der Waals surface area contributed by atoms with E-state index in [2.05, 4.69) is 9.71 Å². The normalized spacial score (nSPS) is 19.1. The number of aliphatic hydroxyl groups is 1. The van der Waals surface area contributed by atoms with Crippen molar-refractivity contribution in [3.63, 3.8) is 0 Å². The van der Waals surface area contributed by atoms with E-state index in [1.165, 1.54) is 0 Å². The van der Waals surface area contributed by atoms with Gasteiger partial charge in [0, 0.05) is 24.3 Å². The van der Waals surface area contributed by atoms with Crippen LogP contribution in [-0.2, 0) is 10.0 Å². The van der Waals surface area contributed by atoms with Gasteiger partial charge in [-0.3, -0.25) is 4.79 Å². The largest absolute Gasteiger partial charge is 0.396 e. The molecule has 0 radical (unpaired) electrons. The van der Waals surface area contributed by atoms with Crippen molar-refractivity contribution in [1.82, 2.24) is 9.71 Å². The van der Waals surface area contributed by atoms with Gasteiger partial charge in [-0.05, 0) is 19.8 Å².